The topological polar surface area (TPSA) is 0 Å². The highest BCUT2D eigenvalue weighted by Gasteiger charge is 2.33. The molecule has 0 aromatic rings. The Morgan fingerprint density at radius 2 is 1.44 bits per heavy atom. The van der Waals surface area contributed by atoms with Crippen molar-refractivity contribution in [2.24, 2.45) is 5.41 Å². The van der Waals surface area contributed by atoms with Crippen LogP contribution in [0.15, 0.2) is 0 Å². The molecule has 0 heterocycles. The number of hydrogen-bond acceptors (Lipinski definition) is 0. The maximum absolute atomic E-state index is 3.65. The third kappa shape index (κ3) is 2.58. The minimum atomic E-state index is 0.208. The van der Waals surface area contributed by atoms with Crippen LogP contribution < -0.4 is 0 Å². The lowest BCUT2D eigenvalue weighted by Crippen LogP contribution is -2.34. The Balaban J connectivity index is 4.14. The first kappa shape index (κ1) is 9.96. The summed E-state index contributed by atoms with van der Waals surface area (Å²) in [7, 11) is 0. The SMILES string of the molecule is CC(C)(C)C(C)(Br)CBr. The van der Waals surface area contributed by atoms with E-state index >= 15 is 0 Å². The van der Waals surface area contributed by atoms with E-state index in [2.05, 4.69) is 59.6 Å². The zero-order valence-electron chi connectivity index (χ0n) is 6.46. The van der Waals surface area contributed by atoms with Gasteiger partial charge in [0, 0.05) is 9.65 Å². The van der Waals surface area contributed by atoms with Gasteiger partial charge in [0.1, 0.15) is 0 Å². The van der Waals surface area contributed by atoms with E-state index in [0.29, 0.717) is 5.41 Å². The van der Waals surface area contributed by atoms with Crippen LogP contribution in [0, 0.1) is 5.41 Å². The second-order valence-corrected chi connectivity index (χ2v) is 5.89. The van der Waals surface area contributed by atoms with Crippen LogP contribution in [0.3, 0.4) is 0 Å². The highest BCUT2D eigenvalue weighted by atomic mass is 79.9. The van der Waals surface area contributed by atoms with Gasteiger partial charge in [0.2, 0.25) is 0 Å². The van der Waals surface area contributed by atoms with Crippen LogP contribution in [0.1, 0.15) is 27.7 Å². The summed E-state index contributed by atoms with van der Waals surface area (Å²) in [6.45, 7) is 8.87. The first-order valence-electron chi connectivity index (χ1n) is 3.06. The van der Waals surface area contributed by atoms with Crippen LogP contribution in [0.2, 0.25) is 0 Å². The highest BCUT2D eigenvalue weighted by Crippen LogP contribution is 2.38. The molecular formula is C7H14Br2. The van der Waals surface area contributed by atoms with Crippen molar-refractivity contribution in [1.82, 2.24) is 0 Å². The summed E-state index contributed by atoms with van der Waals surface area (Å²) in [6.07, 6.45) is 0. The minimum absolute atomic E-state index is 0.208. The largest absolute Gasteiger partial charge is 0.0913 e. The third-order valence-electron chi connectivity index (χ3n) is 1.81. The molecule has 0 spiro atoms. The fourth-order valence-electron chi connectivity index (χ4n) is 0.200. The molecule has 0 saturated heterocycles. The summed E-state index contributed by atoms with van der Waals surface area (Å²) in [6, 6.07) is 0. The fourth-order valence-corrected chi connectivity index (χ4v) is 1.04. The number of rotatable bonds is 1. The standard InChI is InChI=1S/C7H14Br2/c1-6(2,3)7(4,9)5-8/h5H2,1-4H3. The molecule has 0 aliphatic carbocycles. The van der Waals surface area contributed by atoms with E-state index in [-0.39, 0.29) is 4.32 Å². The molecule has 0 aromatic carbocycles. The second-order valence-electron chi connectivity index (χ2n) is 3.58. The maximum Gasteiger partial charge on any atom is 0.0374 e. The summed E-state index contributed by atoms with van der Waals surface area (Å²) in [4.78, 5) is 0. The lowest BCUT2D eigenvalue weighted by atomic mass is 9.83. The van der Waals surface area contributed by atoms with Gasteiger partial charge in [-0.15, -0.1) is 0 Å². The Kier molecular flexibility index (Phi) is 3.22. The van der Waals surface area contributed by atoms with Crippen molar-refractivity contribution in [3.63, 3.8) is 0 Å². The Morgan fingerprint density at radius 3 is 1.44 bits per heavy atom. The molecule has 0 aliphatic rings. The normalized spacial score (nSPS) is 19.3. The monoisotopic (exact) mass is 256 g/mol. The summed E-state index contributed by atoms with van der Waals surface area (Å²) < 4.78 is 0.208. The quantitative estimate of drug-likeness (QED) is 0.630. The molecule has 0 fully saturated rings. The molecule has 0 aromatic heterocycles. The molecular weight excluding hydrogens is 244 g/mol. The lowest BCUT2D eigenvalue weighted by molar-refractivity contribution is 0.333. The van der Waals surface area contributed by atoms with Crippen LogP contribution in [0.25, 0.3) is 0 Å². The molecule has 0 nitrogen and oxygen atoms in total. The van der Waals surface area contributed by atoms with Gasteiger partial charge in [-0.05, 0) is 12.3 Å². The smallest absolute Gasteiger partial charge is 0.0374 e. The van der Waals surface area contributed by atoms with E-state index in [0.717, 1.165) is 5.33 Å². The van der Waals surface area contributed by atoms with Gasteiger partial charge in [-0.2, -0.15) is 0 Å². The van der Waals surface area contributed by atoms with Crippen LogP contribution in [0.4, 0.5) is 0 Å². The molecule has 0 amide bonds. The van der Waals surface area contributed by atoms with Gasteiger partial charge >= 0.3 is 0 Å². The molecule has 56 valence electrons. The van der Waals surface area contributed by atoms with E-state index in [9.17, 15) is 0 Å². The molecule has 1 unspecified atom stereocenters. The number of halogens is 2. The minimum Gasteiger partial charge on any atom is -0.0913 e. The van der Waals surface area contributed by atoms with Crippen molar-refractivity contribution in [2.45, 2.75) is 32.0 Å². The zero-order valence-corrected chi connectivity index (χ0v) is 9.64. The van der Waals surface area contributed by atoms with Gasteiger partial charge in [0.05, 0.1) is 0 Å². The summed E-state index contributed by atoms with van der Waals surface area (Å²) >= 11 is 7.11. The van der Waals surface area contributed by atoms with Gasteiger partial charge in [0.15, 0.2) is 0 Å². The number of alkyl halides is 2. The first-order chi connectivity index (χ1) is 3.81. The molecule has 0 aliphatic heterocycles. The van der Waals surface area contributed by atoms with Crippen molar-refractivity contribution in [3.8, 4) is 0 Å². The first-order valence-corrected chi connectivity index (χ1v) is 4.97. The predicted molar refractivity (Wildman–Crippen MR) is 50.6 cm³/mol. The Morgan fingerprint density at radius 1 is 1.11 bits per heavy atom. The fraction of sp³-hybridized carbons (Fsp3) is 1.00. The van der Waals surface area contributed by atoms with Crippen molar-refractivity contribution in [1.29, 1.82) is 0 Å². The molecule has 0 bridgehead atoms. The molecule has 1 atom stereocenters. The molecule has 0 N–H and O–H groups in total. The Hall–Kier alpha value is 0.960. The van der Waals surface area contributed by atoms with E-state index in [1.165, 1.54) is 0 Å². The lowest BCUT2D eigenvalue weighted by Gasteiger charge is -2.35. The van der Waals surface area contributed by atoms with Crippen molar-refractivity contribution >= 4 is 31.9 Å². The van der Waals surface area contributed by atoms with Crippen molar-refractivity contribution in [2.75, 3.05) is 5.33 Å². The van der Waals surface area contributed by atoms with Crippen LogP contribution in [-0.2, 0) is 0 Å². The molecule has 0 rings (SSSR count). The summed E-state index contributed by atoms with van der Waals surface area (Å²) in [5, 5.41) is 0.990. The molecule has 0 radical (unpaired) electrons. The molecule has 2 heteroatoms. The van der Waals surface area contributed by atoms with E-state index in [1.54, 1.807) is 0 Å². The summed E-state index contributed by atoms with van der Waals surface area (Å²) in [5.41, 5.74) is 0.316. The van der Waals surface area contributed by atoms with Gasteiger partial charge in [-0.25, -0.2) is 0 Å². The van der Waals surface area contributed by atoms with Gasteiger partial charge in [0.25, 0.3) is 0 Å². The van der Waals surface area contributed by atoms with Crippen LogP contribution in [-0.4, -0.2) is 9.65 Å². The molecule has 0 saturated carbocycles. The predicted octanol–water partition coefficient (Wildman–Crippen LogP) is 3.58. The Labute approximate surface area is 74.7 Å². The number of hydrogen-bond donors (Lipinski definition) is 0. The third-order valence-corrected chi connectivity index (χ3v) is 5.16. The Bertz CT molecular complexity index is 89.6. The highest BCUT2D eigenvalue weighted by molar-refractivity contribution is 9.12. The summed E-state index contributed by atoms with van der Waals surface area (Å²) in [5.74, 6) is 0. The van der Waals surface area contributed by atoms with E-state index in [1.807, 2.05) is 0 Å². The van der Waals surface area contributed by atoms with Gasteiger partial charge in [-0.1, -0.05) is 52.6 Å². The maximum atomic E-state index is 3.65. The van der Waals surface area contributed by atoms with E-state index in [4.69, 9.17) is 0 Å². The van der Waals surface area contributed by atoms with Crippen molar-refractivity contribution < 1.29 is 0 Å². The molecule has 9 heavy (non-hydrogen) atoms. The van der Waals surface area contributed by atoms with E-state index < -0.39 is 0 Å². The average Bonchev–Trinajstić information content (AvgIpc) is 1.64. The van der Waals surface area contributed by atoms with Gasteiger partial charge in [-0.3, -0.25) is 0 Å². The average molecular weight is 258 g/mol. The van der Waals surface area contributed by atoms with Crippen LogP contribution in [0.5, 0.6) is 0 Å². The van der Waals surface area contributed by atoms with Crippen LogP contribution >= 0.6 is 31.9 Å². The zero-order chi connectivity index (χ0) is 7.71. The van der Waals surface area contributed by atoms with Crippen molar-refractivity contribution in [3.05, 3.63) is 0 Å². The second kappa shape index (κ2) is 2.91. The van der Waals surface area contributed by atoms with Gasteiger partial charge < -0.3 is 0 Å².